The maximum Gasteiger partial charge on any atom is 0.248 e. The predicted molar refractivity (Wildman–Crippen MR) is 109 cm³/mol. The zero-order valence-corrected chi connectivity index (χ0v) is 15.2. The standard InChI is InChI=1S/C24H17NO3/c1-15-9-11-16(12-10-15)13-14-21(26)25-20-8-4-7-19-22(20)24(28)18-6-3-2-5-17(18)23(19)27/h2-14H,1H3,(H,25,26). The van der Waals surface area contributed by atoms with Crippen LogP contribution in [-0.2, 0) is 4.79 Å². The molecular formula is C24H17NO3. The molecule has 0 aliphatic heterocycles. The third-order valence-corrected chi connectivity index (χ3v) is 4.71. The Hall–Kier alpha value is -3.79. The number of carbonyl (C=O) groups is 3. The van der Waals surface area contributed by atoms with Crippen LogP contribution in [0.2, 0.25) is 0 Å². The summed E-state index contributed by atoms with van der Waals surface area (Å²) in [7, 11) is 0. The van der Waals surface area contributed by atoms with Gasteiger partial charge < -0.3 is 5.32 Å². The van der Waals surface area contributed by atoms with Crippen LogP contribution in [0.3, 0.4) is 0 Å². The number of ketones is 2. The summed E-state index contributed by atoms with van der Waals surface area (Å²) in [5, 5.41) is 2.73. The van der Waals surface area contributed by atoms with Crippen molar-refractivity contribution in [3.8, 4) is 0 Å². The number of hydrogen-bond donors (Lipinski definition) is 1. The molecule has 0 saturated carbocycles. The Morgan fingerprint density at radius 1 is 0.786 bits per heavy atom. The molecule has 28 heavy (non-hydrogen) atoms. The van der Waals surface area contributed by atoms with E-state index in [4.69, 9.17) is 0 Å². The van der Waals surface area contributed by atoms with Crippen LogP contribution in [0.5, 0.6) is 0 Å². The Morgan fingerprint density at radius 3 is 2.14 bits per heavy atom. The molecule has 0 fully saturated rings. The molecule has 4 heteroatoms. The quantitative estimate of drug-likeness (QED) is 0.545. The molecule has 3 aromatic rings. The van der Waals surface area contributed by atoms with E-state index in [2.05, 4.69) is 5.32 Å². The van der Waals surface area contributed by atoms with Gasteiger partial charge in [-0.05, 0) is 24.6 Å². The van der Waals surface area contributed by atoms with Crippen LogP contribution in [0, 0.1) is 6.92 Å². The first-order chi connectivity index (χ1) is 13.5. The van der Waals surface area contributed by atoms with Crippen molar-refractivity contribution in [2.24, 2.45) is 0 Å². The van der Waals surface area contributed by atoms with E-state index in [1.165, 1.54) is 6.08 Å². The summed E-state index contributed by atoms with van der Waals surface area (Å²) in [6, 6.07) is 19.4. The summed E-state index contributed by atoms with van der Waals surface area (Å²) in [4.78, 5) is 38.1. The fourth-order valence-corrected chi connectivity index (χ4v) is 3.27. The number of aryl methyl sites for hydroxylation is 1. The van der Waals surface area contributed by atoms with Gasteiger partial charge >= 0.3 is 0 Å². The number of rotatable bonds is 3. The molecule has 0 spiro atoms. The molecule has 4 rings (SSSR count). The lowest BCUT2D eigenvalue weighted by molar-refractivity contribution is -0.111. The van der Waals surface area contributed by atoms with E-state index in [1.54, 1.807) is 48.5 Å². The monoisotopic (exact) mass is 367 g/mol. The van der Waals surface area contributed by atoms with Crippen molar-refractivity contribution in [2.45, 2.75) is 6.92 Å². The average Bonchev–Trinajstić information content (AvgIpc) is 2.71. The van der Waals surface area contributed by atoms with E-state index in [0.29, 0.717) is 22.4 Å². The fraction of sp³-hybridized carbons (Fsp3) is 0.0417. The number of fused-ring (bicyclic) bond motifs is 2. The minimum Gasteiger partial charge on any atom is -0.322 e. The van der Waals surface area contributed by atoms with Gasteiger partial charge in [0.2, 0.25) is 5.91 Å². The maximum absolute atomic E-state index is 12.9. The normalized spacial score (nSPS) is 12.6. The van der Waals surface area contributed by atoms with Crippen LogP contribution in [0.25, 0.3) is 6.08 Å². The van der Waals surface area contributed by atoms with E-state index >= 15 is 0 Å². The molecule has 4 nitrogen and oxygen atoms in total. The minimum atomic E-state index is -0.368. The fourth-order valence-electron chi connectivity index (χ4n) is 3.27. The first-order valence-corrected chi connectivity index (χ1v) is 8.92. The molecule has 0 aromatic heterocycles. The second-order valence-corrected chi connectivity index (χ2v) is 6.67. The van der Waals surface area contributed by atoms with Crippen molar-refractivity contribution in [1.82, 2.24) is 0 Å². The Bertz CT molecular complexity index is 1140. The smallest absolute Gasteiger partial charge is 0.248 e. The van der Waals surface area contributed by atoms with E-state index in [9.17, 15) is 14.4 Å². The Morgan fingerprint density at radius 2 is 1.43 bits per heavy atom. The number of hydrogen-bond acceptors (Lipinski definition) is 3. The van der Waals surface area contributed by atoms with Crippen molar-refractivity contribution in [2.75, 3.05) is 5.32 Å². The van der Waals surface area contributed by atoms with E-state index < -0.39 is 0 Å². The second-order valence-electron chi connectivity index (χ2n) is 6.67. The SMILES string of the molecule is Cc1ccc(C=CC(=O)Nc2cccc3c2C(=O)c2ccccc2C3=O)cc1. The summed E-state index contributed by atoms with van der Waals surface area (Å²) < 4.78 is 0. The number of benzene rings is 3. The lowest BCUT2D eigenvalue weighted by Crippen LogP contribution is -2.23. The summed E-state index contributed by atoms with van der Waals surface area (Å²) >= 11 is 0. The molecule has 3 aromatic carbocycles. The van der Waals surface area contributed by atoms with Crippen LogP contribution < -0.4 is 5.32 Å². The third kappa shape index (κ3) is 3.16. The van der Waals surface area contributed by atoms with E-state index in [1.807, 2.05) is 31.2 Å². The lowest BCUT2D eigenvalue weighted by Gasteiger charge is -2.20. The molecule has 0 bridgehead atoms. The van der Waals surface area contributed by atoms with Gasteiger partial charge in [0, 0.05) is 22.8 Å². The van der Waals surface area contributed by atoms with Crippen molar-refractivity contribution in [3.05, 3.63) is 106 Å². The largest absolute Gasteiger partial charge is 0.322 e. The van der Waals surface area contributed by atoms with Crippen molar-refractivity contribution in [3.63, 3.8) is 0 Å². The lowest BCUT2D eigenvalue weighted by atomic mass is 9.83. The second kappa shape index (κ2) is 7.08. The number of carbonyl (C=O) groups excluding carboxylic acids is 3. The van der Waals surface area contributed by atoms with E-state index in [0.717, 1.165) is 11.1 Å². The van der Waals surface area contributed by atoms with Crippen molar-refractivity contribution >= 4 is 29.2 Å². The molecule has 0 atom stereocenters. The highest BCUT2D eigenvalue weighted by Crippen LogP contribution is 2.31. The zero-order chi connectivity index (χ0) is 19.7. The van der Waals surface area contributed by atoms with Gasteiger partial charge in [-0.15, -0.1) is 0 Å². The summed E-state index contributed by atoms with van der Waals surface area (Å²) in [6.07, 6.45) is 3.11. The van der Waals surface area contributed by atoms with Gasteiger partial charge in [0.1, 0.15) is 0 Å². The van der Waals surface area contributed by atoms with Gasteiger partial charge in [-0.1, -0.05) is 66.2 Å². The Kier molecular flexibility index (Phi) is 4.45. The first-order valence-electron chi connectivity index (χ1n) is 8.92. The van der Waals surface area contributed by atoms with Crippen LogP contribution >= 0.6 is 0 Å². The van der Waals surface area contributed by atoms with Crippen LogP contribution in [-0.4, -0.2) is 17.5 Å². The first kappa shape index (κ1) is 17.6. The third-order valence-electron chi connectivity index (χ3n) is 4.71. The average molecular weight is 367 g/mol. The number of anilines is 1. The topological polar surface area (TPSA) is 63.2 Å². The molecule has 1 aliphatic rings. The summed E-state index contributed by atoms with van der Waals surface area (Å²) in [6.45, 7) is 2.00. The molecule has 1 aliphatic carbocycles. The molecule has 1 N–H and O–H groups in total. The highest BCUT2D eigenvalue weighted by molar-refractivity contribution is 6.30. The Labute approximate surface area is 162 Å². The van der Waals surface area contributed by atoms with Gasteiger partial charge in [-0.3, -0.25) is 14.4 Å². The molecule has 0 radical (unpaired) electrons. The van der Waals surface area contributed by atoms with Gasteiger partial charge in [0.05, 0.1) is 11.3 Å². The molecule has 0 heterocycles. The number of nitrogens with one attached hydrogen (secondary N) is 1. The highest BCUT2D eigenvalue weighted by Gasteiger charge is 2.31. The molecule has 1 amide bonds. The zero-order valence-electron chi connectivity index (χ0n) is 15.2. The van der Waals surface area contributed by atoms with Crippen LogP contribution in [0.15, 0.2) is 72.8 Å². The number of amides is 1. The van der Waals surface area contributed by atoms with Gasteiger partial charge in [-0.2, -0.15) is 0 Å². The highest BCUT2D eigenvalue weighted by atomic mass is 16.2. The molecular weight excluding hydrogens is 350 g/mol. The summed E-state index contributed by atoms with van der Waals surface area (Å²) in [5.41, 5.74) is 3.67. The summed E-state index contributed by atoms with van der Waals surface area (Å²) in [5.74, 6) is -0.840. The predicted octanol–water partition coefficient (Wildman–Crippen LogP) is 4.42. The van der Waals surface area contributed by atoms with Crippen LogP contribution in [0.1, 0.15) is 43.0 Å². The van der Waals surface area contributed by atoms with Gasteiger partial charge in [0.25, 0.3) is 0 Å². The van der Waals surface area contributed by atoms with Gasteiger partial charge in [0.15, 0.2) is 11.6 Å². The molecule has 0 unspecified atom stereocenters. The Balaban J connectivity index is 1.63. The van der Waals surface area contributed by atoms with Crippen LogP contribution in [0.4, 0.5) is 5.69 Å². The molecule has 0 saturated heterocycles. The minimum absolute atomic E-state index is 0.212. The van der Waals surface area contributed by atoms with Crippen molar-refractivity contribution in [1.29, 1.82) is 0 Å². The van der Waals surface area contributed by atoms with E-state index in [-0.39, 0.29) is 23.0 Å². The maximum atomic E-state index is 12.9. The molecule has 136 valence electrons. The van der Waals surface area contributed by atoms with Crippen molar-refractivity contribution < 1.29 is 14.4 Å². The van der Waals surface area contributed by atoms with Gasteiger partial charge in [-0.25, -0.2) is 0 Å².